The molecule has 0 aliphatic rings. The molecule has 0 bridgehead atoms. The quantitative estimate of drug-likeness (QED) is 0.655. The SMILES string of the molecule is COc1ccc(C(=O)NCC(=O)NNC(=O)c2ccoc2C)cc1OC. The summed E-state index contributed by atoms with van der Waals surface area (Å²) in [5, 5.41) is 2.44. The first-order valence-electron chi connectivity index (χ1n) is 7.59. The Morgan fingerprint density at radius 3 is 2.35 bits per heavy atom. The molecule has 0 radical (unpaired) electrons. The summed E-state index contributed by atoms with van der Waals surface area (Å²) < 4.78 is 15.2. The summed E-state index contributed by atoms with van der Waals surface area (Å²) in [7, 11) is 2.94. The second-order valence-electron chi connectivity index (χ2n) is 5.15. The highest BCUT2D eigenvalue weighted by Crippen LogP contribution is 2.27. The third kappa shape index (κ3) is 4.53. The largest absolute Gasteiger partial charge is 0.493 e. The van der Waals surface area contributed by atoms with Crippen LogP contribution in [0.5, 0.6) is 11.5 Å². The fourth-order valence-electron chi connectivity index (χ4n) is 2.10. The average molecular weight is 361 g/mol. The van der Waals surface area contributed by atoms with Crippen molar-refractivity contribution >= 4 is 17.7 Å². The zero-order valence-corrected chi connectivity index (χ0v) is 14.5. The van der Waals surface area contributed by atoms with Crippen molar-refractivity contribution in [2.75, 3.05) is 20.8 Å². The number of hydrogen-bond acceptors (Lipinski definition) is 6. The average Bonchev–Trinajstić information content (AvgIpc) is 3.09. The van der Waals surface area contributed by atoms with Gasteiger partial charge in [0.1, 0.15) is 5.76 Å². The normalized spacial score (nSPS) is 9.96. The van der Waals surface area contributed by atoms with Gasteiger partial charge in [-0.1, -0.05) is 0 Å². The van der Waals surface area contributed by atoms with E-state index in [1.807, 2.05) is 0 Å². The van der Waals surface area contributed by atoms with Crippen molar-refractivity contribution in [2.24, 2.45) is 0 Å². The number of ether oxygens (including phenoxy) is 2. The Labute approximate surface area is 149 Å². The molecule has 0 atom stereocenters. The van der Waals surface area contributed by atoms with Gasteiger partial charge in [-0.3, -0.25) is 25.2 Å². The molecule has 3 amide bonds. The van der Waals surface area contributed by atoms with E-state index in [1.54, 1.807) is 13.0 Å². The van der Waals surface area contributed by atoms with Crippen LogP contribution < -0.4 is 25.6 Å². The number of nitrogens with one attached hydrogen (secondary N) is 3. The van der Waals surface area contributed by atoms with E-state index in [9.17, 15) is 14.4 Å². The Morgan fingerprint density at radius 1 is 1.00 bits per heavy atom. The van der Waals surface area contributed by atoms with E-state index in [4.69, 9.17) is 13.9 Å². The molecule has 1 heterocycles. The maximum Gasteiger partial charge on any atom is 0.273 e. The van der Waals surface area contributed by atoms with E-state index in [2.05, 4.69) is 16.2 Å². The molecule has 9 heteroatoms. The van der Waals surface area contributed by atoms with E-state index < -0.39 is 17.7 Å². The molecule has 1 aromatic heterocycles. The van der Waals surface area contributed by atoms with E-state index in [0.717, 1.165) is 0 Å². The number of amides is 3. The van der Waals surface area contributed by atoms with Crippen LogP contribution in [-0.2, 0) is 4.79 Å². The number of hydrazine groups is 1. The van der Waals surface area contributed by atoms with E-state index in [1.165, 1.54) is 38.7 Å². The fraction of sp³-hybridized carbons (Fsp3) is 0.235. The third-order valence-corrected chi connectivity index (χ3v) is 3.47. The number of benzene rings is 1. The molecule has 2 rings (SSSR count). The highest BCUT2D eigenvalue weighted by Gasteiger charge is 2.14. The van der Waals surface area contributed by atoms with Crippen molar-refractivity contribution < 1.29 is 28.3 Å². The van der Waals surface area contributed by atoms with Gasteiger partial charge < -0.3 is 19.2 Å². The van der Waals surface area contributed by atoms with Gasteiger partial charge in [-0.15, -0.1) is 0 Å². The maximum atomic E-state index is 12.1. The van der Waals surface area contributed by atoms with Gasteiger partial charge in [0.25, 0.3) is 17.7 Å². The topological polar surface area (TPSA) is 119 Å². The van der Waals surface area contributed by atoms with Crippen molar-refractivity contribution in [1.82, 2.24) is 16.2 Å². The monoisotopic (exact) mass is 361 g/mol. The zero-order chi connectivity index (χ0) is 19.1. The van der Waals surface area contributed by atoms with Crippen LogP contribution in [0.1, 0.15) is 26.5 Å². The van der Waals surface area contributed by atoms with Crippen molar-refractivity contribution in [3.8, 4) is 11.5 Å². The first-order chi connectivity index (χ1) is 12.5. The molecule has 0 spiro atoms. The Morgan fingerprint density at radius 2 is 1.73 bits per heavy atom. The van der Waals surface area contributed by atoms with Crippen LogP contribution >= 0.6 is 0 Å². The predicted molar refractivity (Wildman–Crippen MR) is 90.9 cm³/mol. The Kier molecular flexibility index (Phi) is 6.20. The van der Waals surface area contributed by atoms with Gasteiger partial charge >= 0.3 is 0 Å². The number of carbonyl (C=O) groups excluding carboxylic acids is 3. The maximum absolute atomic E-state index is 12.1. The molecule has 1 aromatic carbocycles. The summed E-state index contributed by atoms with van der Waals surface area (Å²) in [5.74, 6) is -0.271. The molecule has 3 N–H and O–H groups in total. The summed E-state index contributed by atoms with van der Waals surface area (Å²) in [6, 6.07) is 6.10. The Hall–Kier alpha value is -3.49. The molecule has 0 saturated carbocycles. The van der Waals surface area contributed by atoms with Crippen LogP contribution in [0, 0.1) is 6.92 Å². The number of hydrogen-bond donors (Lipinski definition) is 3. The second-order valence-corrected chi connectivity index (χ2v) is 5.15. The van der Waals surface area contributed by atoms with Crippen LogP contribution in [0.2, 0.25) is 0 Å². The standard InChI is InChI=1S/C17H19N3O6/c1-10-12(6-7-26-10)17(23)20-19-15(21)9-18-16(22)11-4-5-13(24-2)14(8-11)25-3/h4-8H,9H2,1-3H3,(H,18,22)(H,19,21)(H,20,23). The number of furan rings is 1. The summed E-state index contributed by atoms with van der Waals surface area (Å²) in [6.45, 7) is 1.30. The lowest BCUT2D eigenvalue weighted by atomic mass is 10.2. The first-order valence-corrected chi connectivity index (χ1v) is 7.59. The number of carbonyl (C=O) groups is 3. The minimum absolute atomic E-state index is 0.300. The van der Waals surface area contributed by atoms with Crippen molar-refractivity contribution in [3.05, 3.63) is 47.4 Å². The lowest BCUT2D eigenvalue weighted by Crippen LogP contribution is -2.46. The first kappa shape index (κ1) is 18.8. The molecular weight excluding hydrogens is 342 g/mol. The molecule has 0 unspecified atom stereocenters. The number of methoxy groups -OCH3 is 2. The molecule has 0 saturated heterocycles. The fourth-order valence-corrected chi connectivity index (χ4v) is 2.10. The summed E-state index contributed by atoms with van der Waals surface area (Å²) >= 11 is 0. The minimum atomic E-state index is -0.590. The third-order valence-electron chi connectivity index (χ3n) is 3.47. The second kappa shape index (κ2) is 8.56. The molecule has 26 heavy (non-hydrogen) atoms. The van der Waals surface area contributed by atoms with Gasteiger partial charge in [0, 0.05) is 5.56 Å². The van der Waals surface area contributed by atoms with Crippen LogP contribution in [0.3, 0.4) is 0 Å². The minimum Gasteiger partial charge on any atom is -0.493 e. The molecule has 0 fully saturated rings. The summed E-state index contributed by atoms with van der Waals surface area (Å²) in [4.78, 5) is 35.7. The predicted octanol–water partition coefficient (Wildman–Crippen LogP) is 0.796. The number of aryl methyl sites for hydroxylation is 1. The molecule has 138 valence electrons. The van der Waals surface area contributed by atoms with E-state index >= 15 is 0 Å². The van der Waals surface area contributed by atoms with Crippen LogP contribution in [0.15, 0.2) is 34.9 Å². The van der Waals surface area contributed by atoms with Crippen LogP contribution in [-0.4, -0.2) is 38.5 Å². The van der Waals surface area contributed by atoms with E-state index in [0.29, 0.717) is 28.4 Å². The molecular formula is C17H19N3O6. The zero-order valence-electron chi connectivity index (χ0n) is 14.5. The van der Waals surface area contributed by atoms with Crippen molar-refractivity contribution in [1.29, 1.82) is 0 Å². The highest BCUT2D eigenvalue weighted by atomic mass is 16.5. The van der Waals surface area contributed by atoms with Gasteiger partial charge in [-0.2, -0.15) is 0 Å². The van der Waals surface area contributed by atoms with Gasteiger partial charge in [-0.05, 0) is 31.2 Å². The van der Waals surface area contributed by atoms with Gasteiger partial charge in [0.05, 0.1) is 32.6 Å². The van der Waals surface area contributed by atoms with Crippen molar-refractivity contribution in [2.45, 2.75) is 6.92 Å². The lowest BCUT2D eigenvalue weighted by molar-refractivity contribution is -0.120. The van der Waals surface area contributed by atoms with Gasteiger partial charge in [0.15, 0.2) is 11.5 Å². The Bertz CT molecular complexity index is 815. The smallest absolute Gasteiger partial charge is 0.273 e. The lowest BCUT2D eigenvalue weighted by Gasteiger charge is -2.10. The number of rotatable bonds is 6. The molecule has 0 aliphatic carbocycles. The van der Waals surface area contributed by atoms with Gasteiger partial charge in [-0.25, -0.2) is 0 Å². The molecule has 0 aliphatic heterocycles. The Balaban J connectivity index is 1.84. The van der Waals surface area contributed by atoms with Crippen LogP contribution in [0.25, 0.3) is 0 Å². The highest BCUT2D eigenvalue weighted by molar-refractivity contribution is 5.98. The van der Waals surface area contributed by atoms with E-state index in [-0.39, 0.29) is 6.54 Å². The summed E-state index contributed by atoms with van der Waals surface area (Å²) in [5.41, 5.74) is 5.05. The van der Waals surface area contributed by atoms with Gasteiger partial charge in [0.2, 0.25) is 0 Å². The molecule has 9 nitrogen and oxygen atoms in total. The van der Waals surface area contributed by atoms with Crippen LogP contribution in [0.4, 0.5) is 0 Å². The molecule has 2 aromatic rings. The summed E-state index contributed by atoms with van der Waals surface area (Å²) in [6.07, 6.45) is 1.37. The van der Waals surface area contributed by atoms with Crippen molar-refractivity contribution in [3.63, 3.8) is 0 Å².